The Balaban J connectivity index is 2.76. The van der Waals surface area contributed by atoms with Crippen molar-refractivity contribution in [3.63, 3.8) is 0 Å². The lowest BCUT2D eigenvalue weighted by Crippen LogP contribution is -2.41. The first-order valence-electron chi connectivity index (χ1n) is 6.79. The van der Waals surface area contributed by atoms with Crippen LogP contribution in [0.3, 0.4) is 0 Å². The minimum Gasteiger partial charge on any atom is -0.480 e. The molecule has 1 unspecified atom stereocenters. The highest BCUT2D eigenvalue weighted by Crippen LogP contribution is 2.16. The molecule has 0 aliphatic heterocycles. The van der Waals surface area contributed by atoms with Gasteiger partial charge in [0.15, 0.2) is 0 Å². The van der Waals surface area contributed by atoms with E-state index in [9.17, 15) is 19.5 Å². The average molecular weight is 290 g/mol. The number of carboxylic acids is 1. The van der Waals surface area contributed by atoms with Crippen LogP contribution in [0.4, 0.5) is 0 Å². The molecule has 1 atom stereocenters. The molecule has 2 N–H and O–H groups in total. The summed E-state index contributed by atoms with van der Waals surface area (Å²) in [6.45, 7) is 5.53. The number of aromatic amines is 1. The highest BCUT2D eigenvalue weighted by atomic mass is 16.4. The van der Waals surface area contributed by atoms with E-state index >= 15 is 0 Å². The van der Waals surface area contributed by atoms with Crippen molar-refractivity contribution in [2.75, 3.05) is 0 Å². The first-order valence-corrected chi connectivity index (χ1v) is 6.79. The number of nitrogens with one attached hydrogen (secondary N) is 1. The largest absolute Gasteiger partial charge is 0.480 e. The number of aliphatic carboxylic acids is 1. The first-order chi connectivity index (χ1) is 9.81. The van der Waals surface area contributed by atoms with Gasteiger partial charge in [0.25, 0.3) is 5.56 Å². The van der Waals surface area contributed by atoms with Crippen molar-refractivity contribution in [2.45, 2.75) is 33.2 Å². The molecule has 0 saturated heterocycles. The monoisotopic (exact) mass is 290 g/mol. The molecule has 2 aromatic rings. The number of carboxylic acid groups (broad SMARTS) is 1. The third-order valence-electron chi connectivity index (χ3n) is 3.38. The lowest BCUT2D eigenvalue weighted by Gasteiger charge is -2.17. The van der Waals surface area contributed by atoms with Gasteiger partial charge in [0.1, 0.15) is 6.04 Å². The fraction of sp³-hybridized carbons (Fsp3) is 0.400. The van der Waals surface area contributed by atoms with Gasteiger partial charge in [-0.3, -0.25) is 4.79 Å². The Bertz CT molecular complexity index is 801. The summed E-state index contributed by atoms with van der Waals surface area (Å²) in [6.07, 6.45) is 0.218. The van der Waals surface area contributed by atoms with Crippen molar-refractivity contribution in [1.82, 2.24) is 9.55 Å². The fourth-order valence-electron chi connectivity index (χ4n) is 2.39. The number of carbonyl (C=O) groups is 1. The minimum absolute atomic E-state index is 0.0469. The van der Waals surface area contributed by atoms with Crippen LogP contribution in [-0.4, -0.2) is 20.6 Å². The molecule has 0 fully saturated rings. The molecule has 0 amide bonds. The molecule has 2 rings (SSSR count). The van der Waals surface area contributed by atoms with Crippen molar-refractivity contribution < 1.29 is 9.90 Å². The standard InChI is InChI=1S/C15H18N2O4/c1-8(2)6-12(14(19)20)17-13(18)10-7-9(3)4-5-11(10)16-15(17)21/h4-5,7-8,12H,6H2,1-3H3,(H,16,21)(H,19,20). The molecular formula is C15H18N2O4. The molecule has 0 aliphatic carbocycles. The summed E-state index contributed by atoms with van der Waals surface area (Å²) in [7, 11) is 0. The van der Waals surface area contributed by atoms with Crippen LogP contribution in [0.2, 0.25) is 0 Å². The number of hydrogen-bond donors (Lipinski definition) is 2. The van der Waals surface area contributed by atoms with Crippen LogP contribution in [0, 0.1) is 12.8 Å². The van der Waals surface area contributed by atoms with Crippen molar-refractivity contribution in [1.29, 1.82) is 0 Å². The molecule has 0 saturated carbocycles. The number of H-pyrrole nitrogens is 1. The second kappa shape index (κ2) is 5.55. The molecule has 6 nitrogen and oxygen atoms in total. The van der Waals surface area contributed by atoms with Gasteiger partial charge in [-0.25, -0.2) is 14.2 Å². The van der Waals surface area contributed by atoms with Crippen LogP contribution in [0.1, 0.15) is 31.9 Å². The molecule has 112 valence electrons. The fourth-order valence-corrected chi connectivity index (χ4v) is 2.39. The van der Waals surface area contributed by atoms with Gasteiger partial charge in [-0.2, -0.15) is 0 Å². The Morgan fingerprint density at radius 1 is 1.33 bits per heavy atom. The van der Waals surface area contributed by atoms with Crippen LogP contribution < -0.4 is 11.2 Å². The smallest absolute Gasteiger partial charge is 0.329 e. The van der Waals surface area contributed by atoms with Crippen molar-refractivity contribution in [3.8, 4) is 0 Å². The molecule has 0 spiro atoms. The number of fused-ring (bicyclic) bond motifs is 1. The maximum absolute atomic E-state index is 12.5. The van der Waals surface area contributed by atoms with Crippen molar-refractivity contribution in [2.24, 2.45) is 5.92 Å². The van der Waals surface area contributed by atoms with Crippen LogP contribution in [-0.2, 0) is 4.79 Å². The third-order valence-corrected chi connectivity index (χ3v) is 3.38. The maximum atomic E-state index is 12.5. The normalized spacial score (nSPS) is 12.8. The van der Waals surface area contributed by atoms with E-state index in [0.717, 1.165) is 10.1 Å². The predicted molar refractivity (Wildman–Crippen MR) is 79.7 cm³/mol. The molecule has 1 aromatic carbocycles. The van der Waals surface area contributed by atoms with E-state index in [1.54, 1.807) is 18.2 Å². The summed E-state index contributed by atoms with van der Waals surface area (Å²) in [5.74, 6) is -1.13. The minimum atomic E-state index is -1.18. The number of benzene rings is 1. The van der Waals surface area contributed by atoms with Crippen LogP contribution in [0.15, 0.2) is 27.8 Å². The summed E-state index contributed by atoms with van der Waals surface area (Å²) < 4.78 is 0.810. The second-order valence-electron chi connectivity index (χ2n) is 5.64. The summed E-state index contributed by atoms with van der Waals surface area (Å²) in [5, 5.41) is 9.66. The summed E-state index contributed by atoms with van der Waals surface area (Å²) in [6, 6.07) is 3.92. The van der Waals surface area contributed by atoms with Gasteiger partial charge in [-0.05, 0) is 31.4 Å². The maximum Gasteiger partial charge on any atom is 0.329 e. The average Bonchev–Trinajstić information content (AvgIpc) is 2.38. The zero-order chi connectivity index (χ0) is 15.7. The number of rotatable bonds is 4. The van der Waals surface area contributed by atoms with Crippen LogP contribution >= 0.6 is 0 Å². The zero-order valence-electron chi connectivity index (χ0n) is 12.2. The Morgan fingerprint density at radius 3 is 2.57 bits per heavy atom. The van der Waals surface area contributed by atoms with Gasteiger partial charge < -0.3 is 10.1 Å². The number of aryl methyl sites for hydroxylation is 1. The SMILES string of the molecule is Cc1ccc2[nH]c(=O)n(C(CC(C)C)C(=O)O)c(=O)c2c1. The topological polar surface area (TPSA) is 92.2 Å². The first kappa shape index (κ1) is 15.0. The molecule has 0 aliphatic rings. The molecule has 0 radical (unpaired) electrons. The van der Waals surface area contributed by atoms with E-state index in [1.165, 1.54) is 0 Å². The van der Waals surface area contributed by atoms with Gasteiger partial charge in [-0.1, -0.05) is 25.5 Å². The summed E-state index contributed by atoms with van der Waals surface area (Å²) in [4.78, 5) is 38.6. The third kappa shape index (κ3) is 2.89. The lowest BCUT2D eigenvalue weighted by molar-refractivity contribution is -0.141. The van der Waals surface area contributed by atoms with Gasteiger partial charge in [0.05, 0.1) is 10.9 Å². The Labute approximate surface area is 121 Å². The molecule has 6 heteroatoms. The van der Waals surface area contributed by atoms with Crippen LogP contribution in [0.25, 0.3) is 10.9 Å². The number of hydrogen-bond acceptors (Lipinski definition) is 3. The van der Waals surface area contributed by atoms with Crippen LogP contribution in [0.5, 0.6) is 0 Å². The highest BCUT2D eigenvalue weighted by Gasteiger charge is 2.25. The van der Waals surface area contributed by atoms with E-state index in [-0.39, 0.29) is 12.3 Å². The summed E-state index contributed by atoms with van der Waals surface area (Å²) >= 11 is 0. The van der Waals surface area contributed by atoms with E-state index in [1.807, 2.05) is 20.8 Å². The lowest BCUT2D eigenvalue weighted by atomic mass is 10.0. The zero-order valence-corrected chi connectivity index (χ0v) is 12.2. The Hall–Kier alpha value is -2.37. The predicted octanol–water partition coefficient (Wildman–Crippen LogP) is 1.67. The van der Waals surface area contributed by atoms with E-state index in [2.05, 4.69) is 4.98 Å². The quantitative estimate of drug-likeness (QED) is 0.896. The van der Waals surface area contributed by atoms with E-state index in [0.29, 0.717) is 10.9 Å². The van der Waals surface area contributed by atoms with E-state index < -0.39 is 23.3 Å². The molecule has 1 aromatic heterocycles. The number of aromatic nitrogens is 2. The molecule has 21 heavy (non-hydrogen) atoms. The van der Waals surface area contributed by atoms with Crippen molar-refractivity contribution in [3.05, 3.63) is 44.6 Å². The van der Waals surface area contributed by atoms with Gasteiger partial charge >= 0.3 is 11.7 Å². The molecule has 0 bridgehead atoms. The summed E-state index contributed by atoms with van der Waals surface area (Å²) in [5.41, 5.74) is 0.0318. The molecular weight excluding hydrogens is 272 g/mol. The Kier molecular flexibility index (Phi) is 3.97. The Morgan fingerprint density at radius 2 is 2.00 bits per heavy atom. The van der Waals surface area contributed by atoms with E-state index in [4.69, 9.17) is 0 Å². The molecule has 1 heterocycles. The number of nitrogens with zero attached hydrogens (tertiary/aromatic N) is 1. The van der Waals surface area contributed by atoms with Gasteiger partial charge in [0, 0.05) is 0 Å². The second-order valence-corrected chi connectivity index (χ2v) is 5.64. The van der Waals surface area contributed by atoms with Gasteiger partial charge in [0.2, 0.25) is 0 Å². The highest BCUT2D eigenvalue weighted by molar-refractivity contribution is 5.79. The van der Waals surface area contributed by atoms with Crippen molar-refractivity contribution >= 4 is 16.9 Å². The van der Waals surface area contributed by atoms with Gasteiger partial charge in [-0.15, -0.1) is 0 Å².